The number of carbonyl (C=O) groups is 1. The van der Waals surface area contributed by atoms with E-state index in [2.05, 4.69) is 16.0 Å². The van der Waals surface area contributed by atoms with Crippen LogP contribution < -0.4 is 0 Å². The summed E-state index contributed by atoms with van der Waals surface area (Å²) in [5, 5.41) is 0.963. The van der Waals surface area contributed by atoms with Crippen molar-refractivity contribution < 1.29 is 9.18 Å². The number of ketones is 1. The van der Waals surface area contributed by atoms with Crippen LogP contribution in [0.4, 0.5) is 4.39 Å². The van der Waals surface area contributed by atoms with Crippen LogP contribution in [0.5, 0.6) is 0 Å². The molecule has 5 aromatic rings. The fourth-order valence-corrected chi connectivity index (χ4v) is 3.85. The van der Waals surface area contributed by atoms with Gasteiger partial charge in [0.25, 0.3) is 0 Å². The average molecular weight is 395 g/mol. The molecule has 2 heterocycles. The summed E-state index contributed by atoms with van der Waals surface area (Å²) in [5.74, 6) is 0.579. The number of pyridine rings is 1. The monoisotopic (exact) mass is 395 g/mol. The van der Waals surface area contributed by atoms with E-state index in [9.17, 15) is 9.18 Å². The van der Waals surface area contributed by atoms with Crippen molar-refractivity contribution in [1.29, 1.82) is 0 Å². The van der Waals surface area contributed by atoms with E-state index in [1.807, 2.05) is 47.9 Å². The van der Waals surface area contributed by atoms with E-state index in [4.69, 9.17) is 0 Å². The minimum absolute atomic E-state index is 0.0460. The molecular weight excluding hydrogens is 377 g/mol. The summed E-state index contributed by atoms with van der Waals surface area (Å²) in [6.07, 6.45) is 1.77. The van der Waals surface area contributed by atoms with Crippen molar-refractivity contribution in [2.75, 3.05) is 0 Å². The smallest absolute Gasteiger partial charge is 0.159 e. The fourth-order valence-electron chi connectivity index (χ4n) is 3.85. The van der Waals surface area contributed by atoms with Crippen molar-refractivity contribution in [2.24, 2.45) is 0 Å². The van der Waals surface area contributed by atoms with Gasteiger partial charge in [-0.2, -0.15) is 0 Å². The SMILES string of the molecule is CC(=O)c1ccc(-c2ccc3ncc4nc(C)n(-c5ccc(F)cc5)c4c3c2)cc1. The maximum atomic E-state index is 13.5. The number of carbonyl (C=O) groups excluding carboxylic acids is 1. The molecule has 0 unspecified atom stereocenters. The van der Waals surface area contributed by atoms with E-state index < -0.39 is 0 Å². The molecule has 0 N–H and O–H groups in total. The van der Waals surface area contributed by atoms with E-state index in [-0.39, 0.29) is 11.6 Å². The predicted octanol–water partition coefficient (Wildman–Crippen LogP) is 5.89. The highest BCUT2D eigenvalue weighted by atomic mass is 19.1. The van der Waals surface area contributed by atoms with Gasteiger partial charge in [0.1, 0.15) is 17.2 Å². The number of halogens is 1. The van der Waals surface area contributed by atoms with Gasteiger partial charge in [-0.1, -0.05) is 30.3 Å². The van der Waals surface area contributed by atoms with Gasteiger partial charge < -0.3 is 0 Å². The highest BCUT2D eigenvalue weighted by Crippen LogP contribution is 2.31. The highest BCUT2D eigenvalue weighted by Gasteiger charge is 2.14. The van der Waals surface area contributed by atoms with E-state index >= 15 is 0 Å². The molecule has 0 bridgehead atoms. The van der Waals surface area contributed by atoms with Crippen LogP contribution in [0.15, 0.2) is 72.9 Å². The number of hydrogen-bond donors (Lipinski definition) is 0. The Bertz CT molecular complexity index is 1420. The lowest BCUT2D eigenvalue weighted by atomic mass is 10.0. The Morgan fingerprint density at radius 3 is 2.30 bits per heavy atom. The molecule has 4 nitrogen and oxygen atoms in total. The van der Waals surface area contributed by atoms with Crippen LogP contribution in [0.1, 0.15) is 23.1 Å². The third-order valence-electron chi connectivity index (χ3n) is 5.36. The van der Waals surface area contributed by atoms with Crippen LogP contribution in [-0.4, -0.2) is 20.3 Å². The Kier molecular flexibility index (Phi) is 4.17. The van der Waals surface area contributed by atoms with Gasteiger partial charge in [-0.25, -0.2) is 9.37 Å². The average Bonchev–Trinajstić information content (AvgIpc) is 3.10. The minimum Gasteiger partial charge on any atom is -0.296 e. The number of imidazole rings is 1. The molecule has 0 radical (unpaired) electrons. The lowest BCUT2D eigenvalue weighted by Gasteiger charge is -2.10. The first-order valence-electron chi connectivity index (χ1n) is 9.66. The summed E-state index contributed by atoms with van der Waals surface area (Å²) in [7, 11) is 0. The van der Waals surface area contributed by atoms with Crippen molar-refractivity contribution in [1.82, 2.24) is 14.5 Å². The number of rotatable bonds is 3. The number of aromatic nitrogens is 3. The molecule has 3 aromatic carbocycles. The van der Waals surface area contributed by atoms with Crippen LogP contribution in [0.2, 0.25) is 0 Å². The highest BCUT2D eigenvalue weighted by molar-refractivity contribution is 6.04. The van der Waals surface area contributed by atoms with E-state index in [1.165, 1.54) is 12.1 Å². The molecular formula is C25H18FN3O. The molecule has 30 heavy (non-hydrogen) atoms. The van der Waals surface area contributed by atoms with Gasteiger partial charge in [0.15, 0.2) is 5.78 Å². The fraction of sp³-hybridized carbons (Fsp3) is 0.0800. The lowest BCUT2D eigenvalue weighted by Crippen LogP contribution is -1.98. The van der Waals surface area contributed by atoms with Gasteiger partial charge in [-0.3, -0.25) is 14.3 Å². The number of nitrogens with zero attached hydrogens (tertiary/aromatic N) is 3. The Labute approximate surface area is 172 Å². The molecule has 0 saturated heterocycles. The quantitative estimate of drug-likeness (QED) is 0.358. The van der Waals surface area contributed by atoms with Crippen LogP contribution in [0.3, 0.4) is 0 Å². The van der Waals surface area contributed by atoms with Crippen LogP contribution in [0, 0.1) is 12.7 Å². The molecule has 0 saturated carbocycles. The van der Waals surface area contributed by atoms with Gasteiger partial charge in [0.05, 0.1) is 17.2 Å². The van der Waals surface area contributed by atoms with Crippen LogP contribution >= 0.6 is 0 Å². The van der Waals surface area contributed by atoms with E-state index in [0.29, 0.717) is 5.56 Å². The Morgan fingerprint density at radius 1 is 0.900 bits per heavy atom. The Morgan fingerprint density at radius 2 is 1.60 bits per heavy atom. The third-order valence-corrected chi connectivity index (χ3v) is 5.36. The van der Waals surface area contributed by atoms with Gasteiger partial charge >= 0.3 is 0 Å². The van der Waals surface area contributed by atoms with E-state index in [0.717, 1.165) is 44.6 Å². The first kappa shape index (κ1) is 18.2. The van der Waals surface area contributed by atoms with Gasteiger partial charge in [-0.15, -0.1) is 0 Å². The molecule has 146 valence electrons. The number of Topliss-reactive ketones (excluding diaryl/α,β-unsaturated/α-hetero) is 1. The standard InChI is InChI=1S/C25H18FN3O/c1-15(30)17-3-5-18(6-4-17)19-7-12-23-22(13-19)25-24(14-27-23)28-16(2)29(25)21-10-8-20(26)9-11-21/h3-14H,1-2H3. The molecule has 0 aliphatic carbocycles. The zero-order valence-corrected chi connectivity index (χ0v) is 16.6. The molecule has 5 rings (SSSR count). The summed E-state index contributed by atoms with van der Waals surface area (Å²) in [6, 6.07) is 20.1. The summed E-state index contributed by atoms with van der Waals surface area (Å²) in [4.78, 5) is 20.8. The van der Waals surface area contributed by atoms with Crippen LogP contribution in [-0.2, 0) is 0 Å². The normalized spacial score (nSPS) is 11.3. The summed E-state index contributed by atoms with van der Waals surface area (Å²) < 4.78 is 15.5. The number of benzene rings is 3. The first-order chi connectivity index (χ1) is 14.5. The number of hydrogen-bond acceptors (Lipinski definition) is 3. The topological polar surface area (TPSA) is 47.8 Å². The molecule has 0 aliphatic rings. The number of fused-ring (bicyclic) bond motifs is 3. The van der Waals surface area contributed by atoms with Crippen molar-refractivity contribution in [3.05, 3.63) is 90.1 Å². The van der Waals surface area contributed by atoms with Crippen LogP contribution in [0.25, 0.3) is 38.8 Å². The second kappa shape index (κ2) is 6.88. The van der Waals surface area contributed by atoms with Gasteiger partial charge in [0, 0.05) is 16.6 Å². The van der Waals surface area contributed by atoms with Crippen molar-refractivity contribution in [3.8, 4) is 16.8 Å². The Hall–Kier alpha value is -3.86. The molecule has 0 amide bonds. The second-order valence-electron chi connectivity index (χ2n) is 7.33. The summed E-state index contributed by atoms with van der Waals surface area (Å²) in [5.41, 5.74) is 6.16. The van der Waals surface area contributed by atoms with Crippen molar-refractivity contribution >= 4 is 27.7 Å². The van der Waals surface area contributed by atoms with Gasteiger partial charge in [0.2, 0.25) is 0 Å². The zero-order chi connectivity index (χ0) is 20.8. The zero-order valence-electron chi connectivity index (χ0n) is 16.6. The first-order valence-corrected chi connectivity index (χ1v) is 9.66. The predicted molar refractivity (Wildman–Crippen MR) is 117 cm³/mol. The lowest BCUT2D eigenvalue weighted by molar-refractivity contribution is 0.101. The molecule has 2 aromatic heterocycles. The molecule has 0 fully saturated rings. The maximum absolute atomic E-state index is 13.5. The van der Waals surface area contributed by atoms with Crippen molar-refractivity contribution in [3.63, 3.8) is 0 Å². The largest absolute Gasteiger partial charge is 0.296 e. The molecule has 0 spiro atoms. The number of aryl methyl sites for hydroxylation is 1. The van der Waals surface area contributed by atoms with Gasteiger partial charge in [-0.05, 0) is 61.4 Å². The van der Waals surface area contributed by atoms with E-state index in [1.54, 1.807) is 25.3 Å². The summed E-state index contributed by atoms with van der Waals surface area (Å²) >= 11 is 0. The maximum Gasteiger partial charge on any atom is 0.159 e. The van der Waals surface area contributed by atoms with Crippen molar-refractivity contribution in [2.45, 2.75) is 13.8 Å². The molecule has 0 aliphatic heterocycles. The minimum atomic E-state index is -0.274. The Balaban J connectivity index is 1.75. The third kappa shape index (κ3) is 2.95. The second-order valence-corrected chi connectivity index (χ2v) is 7.33. The molecule has 5 heteroatoms. The molecule has 0 atom stereocenters. The summed E-state index contributed by atoms with van der Waals surface area (Å²) in [6.45, 7) is 3.49.